The van der Waals surface area contributed by atoms with E-state index >= 15 is 0 Å². The molecule has 1 aliphatic heterocycles. The molecule has 1 saturated heterocycles. The lowest BCUT2D eigenvalue weighted by atomic mass is 9.77. The van der Waals surface area contributed by atoms with Crippen LogP contribution < -0.4 is 5.32 Å². The quantitative estimate of drug-likeness (QED) is 0.909. The monoisotopic (exact) mass is 308 g/mol. The minimum atomic E-state index is -4.39. The van der Waals surface area contributed by atoms with Gasteiger partial charge < -0.3 is 5.32 Å². The van der Waals surface area contributed by atoms with Crippen LogP contribution >= 0.6 is 0 Å². The smallest absolute Gasteiger partial charge is 0.325 e. The molecular formula is C16H15F3N2O. The van der Waals surface area contributed by atoms with Crippen LogP contribution in [-0.4, -0.2) is 17.1 Å². The number of carbonyl (C=O) groups is 1. The number of allylic oxidation sites excluding steroid dienone is 5. The summed E-state index contributed by atoms with van der Waals surface area (Å²) in [6.45, 7) is 3.40. The third kappa shape index (κ3) is 2.95. The number of rotatable bonds is 2. The van der Waals surface area contributed by atoms with E-state index in [1.165, 1.54) is 6.08 Å². The molecule has 0 bridgehead atoms. The second kappa shape index (κ2) is 5.79. The van der Waals surface area contributed by atoms with E-state index in [1.807, 2.05) is 0 Å². The van der Waals surface area contributed by atoms with Crippen molar-refractivity contribution in [3.63, 3.8) is 0 Å². The lowest BCUT2D eigenvalue weighted by Gasteiger charge is -2.22. The Morgan fingerprint density at radius 1 is 1.27 bits per heavy atom. The number of pyridine rings is 1. The van der Waals surface area contributed by atoms with Crippen molar-refractivity contribution >= 4 is 5.91 Å². The van der Waals surface area contributed by atoms with Crippen LogP contribution in [0.5, 0.6) is 0 Å². The van der Waals surface area contributed by atoms with E-state index in [0.29, 0.717) is 16.8 Å². The Labute approximate surface area is 126 Å². The molecular weight excluding hydrogens is 293 g/mol. The van der Waals surface area contributed by atoms with Crippen LogP contribution in [-0.2, 0) is 10.2 Å². The number of aromatic nitrogens is 1. The van der Waals surface area contributed by atoms with Crippen LogP contribution in [0.4, 0.5) is 13.2 Å². The van der Waals surface area contributed by atoms with Crippen LogP contribution in [0.2, 0.25) is 0 Å². The van der Waals surface area contributed by atoms with Crippen molar-refractivity contribution in [1.29, 1.82) is 0 Å². The molecule has 1 atom stereocenters. The average Bonchev–Trinajstić information content (AvgIpc) is 2.72. The van der Waals surface area contributed by atoms with Gasteiger partial charge in [-0.05, 0) is 37.1 Å². The summed E-state index contributed by atoms with van der Waals surface area (Å²) in [5, 5.41) is 2.71. The van der Waals surface area contributed by atoms with Gasteiger partial charge in [0, 0.05) is 24.2 Å². The van der Waals surface area contributed by atoms with Gasteiger partial charge in [0.2, 0.25) is 5.91 Å². The zero-order chi connectivity index (χ0) is 16.4. The van der Waals surface area contributed by atoms with Crippen LogP contribution in [0.1, 0.15) is 19.4 Å². The van der Waals surface area contributed by atoms with Gasteiger partial charge in [-0.2, -0.15) is 13.2 Å². The summed E-state index contributed by atoms with van der Waals surface area (Å²) in [5.74, 6) is -0.279. The van der Waals surface area contributed by atoms with E-state index in [0.717, 1.165) is 6.08 Å². The summed E-state index contributed by atoms with van der Waals surface area (Å²) in [6.07, 6.45) is 2.74. The second-order valence-corrected chi connectivity index (χ2v) is 5.00. The predicted molar refractivity (Wildman–Crippen MR) is 76.8 cm³/mol. The first-order valence-corrected chi connectivity index (χ1v) is 6.64. The highest BCUT2D eigenvalue weighted by atomic mass is 19.4. The molecule has 3 nitrogen and oxygen atoms in total. The van der Waals surface area contributed by atoms with Crippen molar-refractivity contribution in [2.45, 2.75) is 25.4 Å². The maximum absolute atomic E-state index is 12.4. The van der Waals surface area contributed by atoms with Gasteiger partial charge in [-0.25, -0.2) is 0 Å². The summed E-state index contributed by atoms with van der Waals surface area (Å²) in [5.41, 5.74) is 0.618. The third-order valence-corrected chi connectivity index (χ3v) is 3.63. The topological polar surface area (TPSA) is 42.0 Å². The van der Waals surface area contributed by atoms with Crippen LogP contribution in [0.15, 0.2) is 60.1 Å². The number of carbonyl (C=O) groups excluding carboxylic acids is 1. The highest BCUT2D eigenvalue weighted by Gasteiger charge is 2.45. The van der Waals surface area contributed by atoms with Crippen molar-refractivity contribution in [3.05, 3.63) is 65.7 Å². The first kappa shape index (κ1) is 16.0. The summed E-state index contributed by atoms with van der Waals surface area (Å²) >= 11 is 0. The van der Waals surface area contributed by atoms with Crippen LogP contribution in [0.3, 0.4) is 0 Å². The Morgan fingerprint density at radius 3 is 2.45 bits per heavy atom. The van der Waals surface area contributed by atoms with Crippen LogP contribution in [0.25, 0.3) is 0 Å². The van der Waals surface area contributed by atoms with Crippen LogP contribution in [0, 0.1) is 0 Å². The molecule has 0 saturated carbocycles. The first-order chi connectivity index (χ1) is 10.3. The van der Waals surface area contributed by atoms with Gasteiger partial charge >= 0.3 is 6.18 Å². The van der Waals surface area contributed by atoms with E-state index in [4.69, 9.17) is 0 Å². The Morgan fingerprint density at radius 2 is 1.91 bits per heavy atom. The minimum absolute atomic E-state index is 0.142. The number of halogens is 3. The number of hydrogen-bond donors (Lipinski definition) is 1. The number of nitrogens with zero attached hydrogens (tertiary/aromatic N) is 1. The molecule has 0 aromatic carbocycles. The fraction of sp³-hybridized carbons (Fsp3) is 0.250. The summed E-state index contributed by atoms with van der Waals surface area (Å²) in [4.78, 5) is 16.3. The van der Waals surface area contributed by atoms with Crippen molar-refractivity contribution < 1.29 is 18.0 Å². The lowest BCUT2D eigenvalue weighted by Crippen LogP contribution is -2.33. The van der Waals surface area contributed by atoms with E-state index in [2.05, 4.69) is 10.3 Å². The zero-order valence-electron chi connectivity index (χ0n) is 12.1. The van der Waals surface area contributed by atoms with Gasteiger partial charge in [0.25, 0.3) is 0 Å². The largest absolute Gasteiger partial charge is 0.409 e. The summed E-state index contributed by atoms with van der Waals surface area (Å²) in [7, 11) is 0. The molecule has 1 aromatic heterocycles. The normalized spacial score (nSPS) is 26.1. The minimum Gasteiger partial charge on any atom is -0.325 e. The Hall–Kier alpha value is -2.37. The molecule has 0 spiro atoms. The van der Waals surface area contributed by atoms with E-state index in [9.17, 15) is 18.0 Å². The molecule has 0 aliphatic carbocycles. The number of amides is 1. The SMILES string of the molecule is C/C=C1/NC(=O)C(C)(c2ccncc2)/C1=C/C=C/C(F)(F)F. The highest BCUT2D eigenvalue weighted by Crippen LogP contribution is 2.40. The fourth-order valence-corrected chi connectivity index (χ4v) is 2.42. The highest BCUT2D eigenvalue weighted by molar-refractivity contribution is 5.98. The van der Waals surface area contributed by atoms with E-state index < -0.39 is 11.6 Å². The molecule has 1 aliphatic rings. The van der Waals surface area contributed by atoms with E-state index in [1.54, 1.807) is 44.4 Å². The predicted octanol–water partition coefficient (Wildman–Crippen LogP) is 3.42. The molecule has 6 heteroatoms. The Bertz CT molecular complexity index is 660. The maximum Gasteiger partial charge on any atom is 0.409 e. The van der Waals surface area contributed by atoms with E-state index in [-0.39, 0.29) is 12.0 Å². The Kier molecular flexibility index (Phi) is 4.21. The van der Waals surface area contributed by atoms with Crippen molar-refractivity contribution in [2.24, 2.45) is 0 Å². The lowest BCUT2D eigenvalue weighted by molar-refractivity contribution is -0.122. The third-order valence-electron chi connectivity index (χ3n) is 3.63. The summed E-state index contributed by atoms with van der Waals surface area (Å²) < 4.78 is 36.8. The van der Waals surface area contributed by atoms with Gasteiger partial charge in [0.15, 0.2) is 0 Å². The van der Waals surface area contributed by atoms with Gasteiger partial charge in [0.1, 0.15) is 0 Å². The maximum atomic E-state index is 12.4. The van der Waals surface area contributed by atoms with Gasteiger partial charge in [-0.15, -0.1) is 0 Å². The molecule has 1 unspecified atom stereocenters. The number of hydrogen-bond acceptors (Lipinski definition) is 2. The van der Waals surface area contributed by atoms with Gasteiger partial charge in [-0.1, -0.05) is 18.2 Å². The number of nitrogens with one attached hydrogen (secondary N) is 1. The summed E-state index contributed by atoms with van der Waals surface area (Å²) in [6, 6.07) is 3.36. The molecule has 2 rings (SSSR count). The van der Waals surface area contributed by atoms with Crippen molar-refractivity contribution in [2.75, 3.05) is 0 Å². The molecule has 1 fully saturated rings. The molecule has 22 heavy (non-hydrogen) atoms. The average molecular weight is 308 g/mol. The second-order valence-electron chi connectivity index (χ2n) is 5.00. The molecule has 1 N–H and O–H groups in total. The molecule has 0 radical (unpaired) electrons. The first-order valence-electron chi connectivity index (χ1n) is 6.64. The molecule has 116 valence electrons. The molecule has 1 amide bonds. The Balaban J connectivity index is 2.53. The zero-order valence-corrected chi connectivity index (χ0v) is 12.1. The van der Waals surface area contributed by atoms with Crippen molar-refractivity contribution in [1.82, 2.24) is 10.3 Å². The number of alkyl halides is 3. The molecule has 1 aromatic rings. The van der Waals surface area contributed by atoms with Gasteiger partial charge in [0.05, 0.1) is 5.41 Å². The standard InChI is InChI=1S/C16H15F3N2O/c1-3-13-12(5-4-8-16(17,18)19)15(2,14(22)21-13)11-6-9-20-10-7-11/h3-10H,1-2H3,(H,21,22)/b8-4+,12-5+,13-3+. The molecule has 2 heterocycles. The van der Waals surface area contributed by atoms with Gasteiger partial charge in [-0.3, -0.25) is 9.78 Å². The van der Waals surface area contributed by atoms with Crippen molar-refractivity contribution in [3.8, 4) is 0 Å². The fourth-order valence-electron chi connectivity index (χ4n) is 2.42.